The van der Waals surface area contributed by atoms with Crippen LogP contribution in [-0.4, -0.2) is 44.9 Å². The summed E-state index contributed by atoms with van der Waals surface area (Å²) >= 11 is 1.34. The fraction of sp³-hybridized carbons (Fsp3) is 0.318. The molecule has 0 unspecified atom stereocenters. The number of carbonyl (C=O) groups excluding carboxylic acids is 2. The zero-order valence-electron chi connectivity index (χ0n) is 18.1. The minimum absolute atomic E-state index is 0.0522. The van der Waals surface area contributed by atoms with Gasteiger partial charge in [-0.15, -0.1) is 0 Å². The number of hydrogen-bond acceptors (Lipinski definition) is 7. The average Bonchev–Trinajstić information content (AvgIpc) is 3.13. The number of esters is 1. The molecule has 9 heteroatoms. The summed E-state index contributed by atoms with van der Waals surface area (Å²) in [5.41, 5.74) is 2.23. The van der Waals surface area contributed by atoms with Crippen LogP contribution >= 0.6 is 11.3 Å². The SMILES string of the molecule is CCc1ccc2c(c1)sc(=NC(=O)c1cc(OC)c(OC)c(OC)c1)n2CC(=O)OC. The molecule has 0 saturated carbocycles. The van der Waals surface area contributed by atoms with Crippen LogP contribution in [-0.2, 0) is 22.5 Å². The highest BCUT2D eigenvalue weighted by molar-refractivity contribution is 7.16. The first-order valence-corrected chi connectivity index (χ1v) is 10.4. The second-order valence-corrected chi connectivity index (χ2v) is 7.54. The van der Waals surface area contributed by atoms with Crippen molar-refractivity contribution in [1.29, 1.82) is 0 Å². The first kappa shape index (κ1) is 22.4. The van der Waals surface area contributed by atoms with Gasteiger partial charge in [0.15, 0.2) is 16.3 Å². The zero-order valence-corrected chi connectivity index (χ0v) is 18.9. The number of thiazole rings is 1. The second kappa shape index (κ2) is 9.65. The Bertz CT molecular complexity index is 1170. The summed E-state index contributed by atoms with van der Waals surface area (Å²) in [7, 11) is 5.77. The van der Waals surface area contributed by atoms with E-state index in [0.717, 1.165) is 22.2 Å². The predicted molar refractivity (Wildman–Crippen MR) is 117 cm³/mol. The van der Waals surface area contributed by atoms with E-state index in [1.54, 1.807) is 16.7 Å². The molecule has 0 saturated heterocycles. The molecule has 0 radical (unpaired) electrons. The summed E-state index contributed by atoms with van der Waals surface area (Å²) in [6.45, 7) is 2.01. The van der Waals surface area contributed by atoms with Crippen LogP contribution < -0.4 is 19.0 Å². The lowest BCUT2D eigenvalue weighted by Crippen LogP contribution is -2.22. The fourth-order valence-electron chi connectivity index (χ4n) is 3.13. The lowest BCUT2D eigenvalue weighted by Gasteiger charge is -2.12. The molecule has 0 bridgehead atoms. The third-order valence-corrected chi connectivity index (χ3v) is 5.82. The van der Waals surface area contributed by atoms with Crippen LogP contribution in [0.4, 0.5) is 0 Å². The van der Waals surface area contributed by atoms with Crippen LogP contribution in [0.25, 0.3) is 10.2 Å². The van der Waals surface area contributed by atoms with E-state index >= 15 is 0 Å². The van der Waals surface area contributed by atoms with Crippen LogP contribution in [0.15, 0.2) is 35.3 Å². The minimum atomic E-state index is -0.500. The normalized spacial score (nSPS) is 11.5. The van der Waals surface area contributed by atoms with E-state index in [1.807, 2.05) is 18.2 Å². The topological polar surface area (TPSA) is 88.4 Å². The molecular weight excluding hydrogens is 420 g/mol. The molecule has 0 aliphatic carbocycles. The lowest BCUT2D eigenvalue weighted by atomic mass is 10.1. The summed E-state index contributed by atoms with van der Waals surface area (Å²) < 4.78 is 23.4. The molecule has 1 aromatic heterocycles. The summed E-state index contributed by atoms with van der Waals surface area (Å²) in [4.78, 5) is 29.7. The largest absolute Gasteiger partial charge is 0.493 e. The maximum atomic E-state index is 13.0. The van der Waals surface area contributed by atoms with Crippen molar-refractivity contribution in [2.45, 2.75) is 19.9 Å². The molecule has 31 heavy (non-hydrogen) atoms. The highest BCUT2D eigenvalue weighted by Gasteiger charge is 2.18. The Morgan fingerprint density at radius 2 is 1.68 bits per heavy atom. The number of amides is 1. The van der Waals surface area contributed by atoms with Gasteiger partial charge in [0, 0.05) is 5.56 Å². The number of aromatic nitrogens is 1. The Balaban J connectivity index is 2.16. The number of aryl methyl sites for hydroxylation is 1. The number of ether oxygens (including phenoxy) is 4. The van der Waals surface area contributed by atoms with Crippen LogP contribution in [0.1, 0.15) is 22.8 Å². The van der Waals surface area contributed by atoms with Crippen molar-refractivity contribution in [2.75, 3.05) is 28.4 Å². The number of nitrogens with zero attached hydrogens (tertiary/aromatic N) is 2. The summed E-state index contributed by atoms with van der Waals surface area (Å²) in [5.74, 6) is 0.163. The van der Waals surface area contributed by atoms with Crippen molar-refractivity contribution in [3.8, 4) is 17.2 Å². The second-order valence-electron chi connectivity index (χ2n) is 6.53. The third kappa shape index (κ3) is 4.56. The Hall–Kier alpha value is -3.33. The molecule has 0 atom stereocenters. The lowest BCUT2D eigenvalue weighted by molar-refractivity contribution is -0.141. The maximum absolute atomic E-state index is 13.0. The summed E-state index contributed by atoms with van der Waals surface area (Å²) in [6.07, 6.45) is 0.877. The molecule has 0 aliphatic heterocycles. The summed E-state index contributed by atoms with van der Waals surface area (Å²) in [5, 5.41) is 0. The van der Waals surface area contributed by atoms with Gasteiger partial charge in [0.1, 0.15) is 6.54 Å². The standard InChI is InChI=1S/C22H24N2O6S/c1-6-13-7-8-15-18(9-13)31-22(24(15)12-19(25)29-4)23-21(26)14-10-16(27-2)20(30-5)17(11-14)28-3/h7-11H,6,12H2,1-5H3. The van der Waals surface area contributed by atoms with Gasteiger partial charge in [0.05, 0.1) is 38.7 Å². The van der Waals surface area contributed by atoms with E-state index in [1.165, 1.54) is 39.8 Å². The first-order valence-electron chi connectivity index (χ1n) is 9.53. The zero-order chi connectivity index (χ0) is 22.5. The molecule has 0 spiro atoms. The van der Waals surface area contributed by atoms with Gasteiger partial charge in [-0.3, -0.25) is 9.59 Å². The fourth-order valence-corrected chi connectivity index (χ4v) is 4.22. The van der Waals surface area contributed by atoms with Gasteiger partial charge in [-0.2, -0.15) is 4.99 Å². The molecule has 0 aliphatic rings. The van der Waals surface area contributed by atoms with Crippen molar-refractivity contribution in [3.05, 3.63) is 46.3 Å². The Kier molecular flexibility index (Phi) is 6.96. The number of hydrogen-bond donors (Lipinski definition) is 0. The van der Waals surface area contributed by atoms with Gasteiger partial charge < -0.3 is 23.5 Å². The highest BCUT2D eigenvalue weighted by atomic mass is 32.1. The van der Waals surface area contributed by atoms with Crippen molar-refractivity contribution in [3.63, 3.8) is 0 Å². The van der Waals surface area contributed by atoms with Crippen LogP contribution in [0, 0.1) is 0 Å². The van der Waals surface area contributed by atoms with Crippen molar-refractivity contribution in [2.24, 2.45) is 4.99 Å². The third-order valence-electron chi connectivity index (χ3n) is 4.78. The van der Waals surface area contributed by atoms with E-state index in [0.29, 0.717) is 22.0 Å². The van der Waals surface area contributed by atoms with Gasteiger partial charge in [-0.1, -0.05) is 24.3 Å². The van der Waals surface area contributed by atoms with Gasteiger partial charge in [-0.05, 0) is 36.2 Å². The molecular formula is C22H24N2O6S. The van der Waals surface area contributed by atoms with Crippen molar-refractivity contribution < 1.29 is 28.5 Å². The van der Waals surface area contributed by atoms with E-state index in [-0.39, 0.29) is 12.1 Å². The van der Waals surface area contributed by atoms with E-state index in [2.05, 4.69) is 11.9 Å². The average molecular weight is 445 g/mol. The van der Waals surface area contributed by atoms with Gasteiger partial charge in [0.25, 0.3) is 5.91 Å². The van der Waals surface area contributed by atoms with E-state index in [9.17, 15) is 9.59 Å². The number of methoxy groups -OCH3 is 4. The van der Waals surface area contributed by atoms with E-state index < -0.39 is 11.9 Å². The van der Waals surface area contributed by atoms with Crippen LogP contribution in [0.2, 0.25) is 0 Å². The Labute approximate surface area is 183 Å². The van der Waals surface area contributed by atoms with Crippen molar-refractivity contribution >= 4 is 33.4 Å². The molecule has 2 aromatic carbocycles. The monoisotopic (exact) mass is 444 g/mol. The molecule has 1 amide bonds. The number of carbonyl (C=O) groups is 2. The molecule has 0 fully saturated rings. The maximum Gasteiger partial charge on any atom is 0.325 e. The molecule has 164 valence electrons. The minimum Gasteiger partial charge on any atom is -0.493 e. The molecule has 8 nitrogen and oxygen atoms in total. The molecule has 3 rings (SSSR count). The van der Waals surface area contributed by atoms with Gasteiger partial charge in [-0.25, -0.2) is 0 Å². The van der Waals surface area contributed by atoms with E-state index in [4.69, 9.17) is 18.9 Å². The predicted octanol–water partition coefficient (Wildman–Crippen LogP) is 3.21. The quantitative estimate of drug-likeness (QED) is 0.520. The highest BCUT2D eigenvalue weighted by Crippen LogP contribution is 2.38. The number of rotatable bonds is 7. The van der Waals surface area contributed by atoms with Crippen LogP contribution in [0.5, 0.6) is 17.2 Å². The smallest absolute Gasteiger partial charge is 0.325 e. The number of benzene rings is 2. The summed E-state index contributed by atoms with van der Waals surface area (Å²) in [6, 6.07) is 9.04. The molecule has 1 heterocycles. The number of fused-ring (bicyclic) bond motifs is 1. The van der Waals surface area contributed by atoms with Gasteiger partial charge in [0.2, 0.25) is 5.75 Å². The van der Waals surface area contributed by atoms with Gasteiger partial charge >= 0.3 is 5.97 Å². The molecule has 0 N–H and O–H groups in total. The molecule has 3 aromatic rings. The Morgan fingerprint density at radius 3 is 2.23 bits per heavy atom. The van der Waals surface area contributed by atoms with Crippen LogP contribution in [0.3, 0.4) is 0 Å². The Morgan fingerprint density at radius 1 is 1.00 bits per heavy atom. The first-order chi connectivity index (χ1) is 14.9. The van der Waals surface area contributed by atoms with Crippen molar-refractivity contribution in [1.82, 2.24) is 4.57 Å².